The first-order valence-electron chi connectivity index (χ1n) is 4.51. The first-order valence-corrected chi connectivity index (χ1v) is 4.51. The zero-order chi connectivity index (χ0) is 9.90. The zero-order valence-electron chi connectivity index (χ0n) is 8.74. The van der Waals surface area contributed by atoms with E-state index in [9.17, 15) is 0 Å². The summed E-state index contributed by atoms with van der Waals surface area (Å²) in [5.41, 5.74) is -0.167. The Morgan fingerprint density at radius 2 is 2.23 bits per heavy atom. The van der Waals surface area contributed by atoms with E-state index in [2.05, 4.69) is 17.1 Å². The molecule has 1 aromatic rings. The molecule has 0 radical (unpaired) electrons. The molecule has 4 nitrogen and oxygen atoms in total. The lowest BCUT2D eigenvalue weighted by Gasteiger charge is -2.22. The number of hydrogen-bond donors (Lipinski definition) is 0. The summed E-state index contributed by atoms with van der Waals surface area (Å²) in [4.78, 5) is 0. The average Bonchev–Trinajstić information content (AvgIpc) is 2.51. The Morgan fingerprint density at radius 3 is 2.77 bits per heavy atom. The fourth-order valence-corrected chi connectivity index (χ4v) is 1.13. The van der Waals surface area contributed by atoms with E-state index in [4.69, 9.17) is 4.74 Å². The third-order valence-electron chi connectivity index (χ3n) is 2.17. The number of hydrogen-bond acceptors (Lipinski definition) is 3. The molecular formula is C9H17N3O. The number of aryl methyl sites for hydroxylation is 1. The van der Waals surface area contributed by atoms with Gasteiger partial charge in [-0.3, -0.25) is 0 Å². The zero-order valence-corrected chi connectivity index (χ0v) is 8.74. The van der Waals surface area contributed by atoms with E-state index in [1.807, 2.05) is 18.4 Å². The van der Waals surface area contributed by atoms with Crippen LogP contribution in [0.15, 0.2) is 6.33 Å². The highest BCUT2D eigenvalue weighted by Gasteiger charge is 2.20. The molecule has 0 aliphatic carbocycles. The number of ether oxygens (including phenoxy) is 1. The van der Waals surface area contributed by atoms with Crippen molar-refractivity contribution in [3.8, 4) is 0 Å². The molecule has 0 fully saturated rings. The second-order valence-electron chi connectivity index (χ2n) is 3.67. The van der Waals surface area contributed by atoms with Crippen molar-refractivity contribution in [2.75, 3.05) is 7.11 Å². The lowest BCUT2D eigenvalue weighted by atomic mass is 10.1. The van der Waals surface area contributed by atoms with Crippen LogP contribution in [-0.2, 0) is 17.7 Å². The lowest BCUT2D eigenvalue weighted by molar-refractivity contribution is 0.0208. The van der Waals surface area contributed by atoms with Crippen molar-refractivity contribution in [3.05, 3.63) is 12.2 Å². The molecule has 0 N–H and O–H groups in total. The topological polar surface area (TPSA) is 39.9 Å². The number of methoxy groups -OCH3 is 1. The van der Waals surface area contributed by atoms with Gasteiger partial charge in [0, 0.05) is 20.1 Å². The molecule has 0 aliphatic rings. The number of aromatic nitrogens is 3. The normalized spacial score (nSPS) is 12.0. The molecule has 13 heavy (non-hydrogen) atoms. The largest absolute Gasteiger partial charge is 0.378 e. The molecule has 4 heteroatoms. The molecule has 0 atom stereocenters. The van der Waals surface area contributed by atoms with Gasteiger partial charge in [0.15, 0.2) is 0 Å². The van der Waals surface area contributed by atoms with Crippen LogP contribution in [0, 0.1) is 0 Å². The maximum atomic E-state index is 5.33. The Balaban J connectivity index is 2.73. The quantitative estimate of drug-likeness (QED) is 0.705. The number of rotatable bonds is 4. The smallest absolute Gasteiger partial charge is 0.135 e. The lowest BCUT2D eigenvalue weighted by Crippen LogP contribution is -2.27. The van der Waals surface area contributed by atoms with Crippen LogP contribution in [0.25, 0.3) is 0 Å². The van der Waals surface area contributed by atoms with Gasteiger partial charge in [-0.05, 0) is 20.8 Å². The Bertz CT molecular complexity index is 268. The van der Waals surface area contributed by atoms with Crippen LogP contribution in [-0.4, -0.2) is 27.5 Å². The highest BCUT2D eigenvalue weighted by atomic mass is 16.5. The van der Waals surface area contributed by atoms with Gasteiger partial charge < -0.3 is 9.30 Å². The third kappa shape index (κ3) is 2.52. The average molecular weight is 183 g/mol. The predicted molar refractivity (Wildman–Crippen MR) is 50.5 cm³/mol. The van der Waals surface area contributed by atoms with Gasteiger partial charge in [0.1, 0.15) is 12.2 Å². The fourth-order valence-electron chi connectivity index (χ4n) is 1.13. The van der Waals surface area contributed by atoms with Crippen LogP contribution < -0.4 is 0 Å². The summed E-state index contributed by atoms with van der Waals surface area (Å²) in [6.07, 6.45) is 2.54. The van der Waals surface area contributed by atoms with E-state index < -0.39 is 0 Å². The van der Waals surface area contributed by atoms with Crippen LogP contribution in [0.1, 0.15) is 26.6 Å². The monoisotopic (exact) mass is 183 g/mol. The van der Waals surface area contributed by atoms with Crippen molar-refractivity contribution in [1.82, 2.24) is 14.8 Å². The molecule has 0 aromatic carbocycles. The Morgan fingerprint density at radius 1 is 1.54 bits per heavy atom. The van der Waals surface area contributed by atoms with Crippen molar-refractivity contribution < 1.29 is 4.74 Å². The van der Waals surface area contributed by atoms with Gasteiger partial charge >= 0.3 is 0 Å². The van der Waals surface area contributed by atoms with Gasteiger partial charge in [-0.25, -0.2) is 0 Å². The molecule has 0 unspecified atom stereocenters. The summed E-state index contributed by atoms with van der Waals surface area (Å²) >= 11 is 0. The van der Waals surface area contributed by atoms with Crippen molar-refractivity contribution in [1.29, 1.82) is 0 Å². The minimum atomic E-state index is -0.167. The number of nitrogens with zero attached hydrogens (tertiary/aromatic N) is 3. The van der Waals surface area contributed by atoms with Crippen molar-refractivity contribution in [3.63, 3.8) is 0 Å². The third-order valence-corrected chi connectivity index (χ3v) is 2.17. The van der Waals surface area contributed by atoms with Gasteiger partial charge in [0.25, 0.3) is 0 Å². The van der Waals surface area contributed by atoms with Gasteiger partial charge in [0.05, 0.1) is 5.60 Å². The molecule has 0 aliphatic heterocycles. The molecule has 0 bridgehead atoms. The van der Waals surface area contributed by atoms with Crippen LogP contribution in [0.5, 0.6) is 0 Å². The summed E-state index contributed by atoms with van der Waals surface area (Å²) < 4.78 is 7.36. The fraction of sp³-hybridized carbons (Fsp3) is 0.778. The van der Waals surface area contributed by atoms with Crippen LogP contribution in [0.3, 0.4) is 0 Å². The van der Waals surface area contributed by atoms with Crippen molar-refractivity contribution >= 4 is 0 Å². The molecule has 0 saturated carbocycles. The maximum absolute atomic E-state index is 5.33. The molecule has 0 amide bonds. The van der Waals surface area contributed by atoms with Gasteiger partial charge in [-0.15, -0.1) is 10.2 Å². The van der Waals surface area contributed by atoms with Crippen molar-refractivity contribution in [2.24, 2.45) is 0 Å². The summed E-state index contributed by atoms with van der Waals surface area (Å²) in [5, 5.41) is 7.92. The minimum Gasteiger partial charge on any atom is -0.378 e. The van der Waals surface area contributed by atoms with E-state index in [1.165, 1.54) is 0 Å². The summed E-state index contributed by atoms with van der Waals surface area (Å²) in [6, 6.07) is 0. The maximum Gasteiger partial charge on any atom is 0.135 e. The van der Waals surface area contributed by atoms with E-state index in [0.29, 0.717) is 0 Å². The second-order valence-corrected chi connectivity index (χ2v) is 3.67. The minimum absolute atomic E-state index is 0.167. The molecule has 1 rings (SSSR count). The molecule has 1 aromatic heterocycles. The Kier molecular flexibility index (Phi) is 3.03. The first kappa shape index (κ1) is 10.2. The molecule has 74 valence electrons. The van der Waals surface area contributed by atoms with Crippen LogP contribution in [0.2, 0.25) is 0 Å². The standard InChI is InChI=1S/C9H17N3O/c1-5-12-7-10-11-8(12)6-9(2,3)13-4/h7H,5-6H2,1-4H3. The predicted octanol–water partition coefficient (Wildman–Crippen LogP) is 1.27. The molecular weight excluding hydrogens is 166 g/mol. The van der Waals surface area contributed by atoms with E-state index in [1.54, 1.807) is 13.4 Å². The highest BCUT2D eigenvalue weighted by molar-refractivity contribution is 4.92. The van der Waals surface area contributed by atoms with Crippen LogP contribution >= 0.6 is 0 Å². The van der Waals surface area contributed by atoms with E-state index >= 15 is 0 Å². The van der Waals surface area contributed by atoms with E-state index in [0.717, 1.165) is 18.8 Å². The SMILES string of the molecule is CCn1cnnc1CC(C)(C)OC. The van der Waals surface area contributed by atoms with Gasteiger partial charge in [-0.2, -0.15) is 0 Å². The first-order chi connectivity index (χ1) is 6.09. The second kappa shape index (κ2) is 3.87. The van der Waals surface area contributed by atoms with Gasteiger partial charge in [0.2, 0.25) is 0 Å². The van der Waals surface area contributed by atoms with Crippen LogP contribution in [0.4, 0.5) is 0 Å². The summed E-state index contributed by atoms with van der Waals surface area (Å²) in [5.74, 6) is 0.981. The van der Waals surface area contributed by atoms with E-state index in [-0.39, 0.29) is 5.60 Å². The van der Waals surface area contributed by atoms with Crippen molar-refractivity contribution in [2.45, 2.75) is 39.3 Å². The molecule has 1 heterocycles. The molecule has 0 saturated heterocycles. The highest BCUT2D eigenvalue weighted by Crippen LogP contribution is 2.13. The summed E-state index contributed by atoms with van der Waals surface area (Å²) in [6.45, 7) is 7.07. The van der Waals surface area contributed by atoms with Gasteiger partial charge in [-0.1, -0.05) is 0 Å². The Labute approximate surface area is 78.9 Å². The molecule has 0 spiro atoms. The Hall–Kier alpha value is -0.900. The summed E-state index contributed by atoms with van der Waals surface area (Å²) in [7, 11) is 1.71.